The topological polar surface area (TPSA) is 72.6 Å². The molecular weight excluding hydrogens is 530 g/mol. The van der Waals surface area contributed by atoms with Gasteiger partial charge in [0.25, 0.3) is 0 Å². The standard InChI is InChI=1S/C33H41N5O2S/c1-8-26-29-36-35-22(4)38(29)30-27(20(2)21(3)41-30)28(34-26)25-11-9-23(10-12-25)24-13-15-33(16-14-24)17-18-37(19-33)31(39)40-32(5,6)7/h9-13,26H,8,14-19H2,1-7H3/t26-,33?/m0/s1. The van der Waals surface area contributed by atoms with Crippen molar-refractivity contribution in [2.75, 3.05) is 13.1 Å². The van der Waals surface area contributed by atoms with Gasteiger partial charge in [0.1, 0.15) is 22.5 Å². The number of rotatable bonds is 3. The fourth-order valence-corrected chi connectivity index (χ4v) is 7.71. The molecule has 0 bridgehead atoms. The maximum Gasteiger partial charge on any atom is 0.410 e. The van der Waals surface area contributed by atoms with Gasteiger partial charge in [-0.25, -0.2) is 4.79 Å². The number of amides is 1. The minimum Gasteiger partial charge on any atom is -0.444 e. The second-order valence-corrected chi connectivity index (χ2v) is 14.2. The molecular formula is C33H41N5O2S. The molecule has 0 radical (unpaired) electrons. The van der Waals surface area contributed by atoms with Crippen molar-refractivity contribution < 1.29 is 9.53 Å². The van der Waals surface area contributed by atoms with Crippen molar-refractivity contribution >= 4 is 28.7 Å². The molecule has 41 heavy (non-hydrogen) atoms. The fourth-order valence-electron chi connectivity index (χ4n) is 6.50. The van der Waals surface area contributed by atoms with Gasteiger partial charge < -0.3 is 9.64 Å². The number of allylic oxidation sites excluding steroid dienone is 2. The van der Waals surface area contributed by atoms with Crippen LogP contribution in [0.1, 0.15) is 105 Å². The van der Waals surface area contributed by atoms with E-state index in [4.69, 9.17) is 9.73 Å². The largest absolute Gasteiger partial charge is 0.444 e. The number of hydrogen-bond donors (Lipinski definition) is 0. The van der Waals surface area contributed by atoms with E-state index in [0.29, 0.717) is 0 Å². The van der Waals surface area contributed by atoms with Crippen LogP contribution in [0.2, 0.25) is 0 Å². The molecule has 1 amide bonds. The smallest absolute Gasteiger partial charge is 0.410 e. The lowest BCUT2D eigenvalue weighted by Gasteiger charge is -2.33. The van der Waals surface area contributed by atoms with E-state index in [1.54, 1.807) is 11.3 Å². The van der Waals surface area contributed by atoms with Gasteiger partial charge >= 0.3 is 6.09 Å². The van der Waals surface area contributed by atoms with Crippen LogP contribution in [0, 0.1) is 26.2 Å². The van der Waals surface area contributed by atoms with Crippen molar-refractivity contribution in [2.45, 2.75) is 92.2 Å². The summed E-state index contributed by atoms with van der Waals surface area (Å²) in [4.78, 5) is 21.1. The van der Waals surface area contributed by atoms with Crippen LogP contribution in [-0.4, -0.2) is 50.2 Å². The number of aromatic nitrogens is 3. The van der Waals surface area contributed by atoms with Crippen LogP contribution in [0.3, 0.4) is 0 Å². The van der Waals surface area contributed by atoms with Crippen molar-refractivity contribution in [3.8, 4) is 5.00 Å². The molecule has 1 aliphatic carbocycles. The van der Waals surface area contributed by atoms with E-state index < -0.39 is 5.60 Å². The van der Waals surface area contributed by atoms with E-state index in [9.17, 15) is 4.79 Å². The number of aliphatic imine (C=N–C) groups is 1. The van der Waals surface area contributed by atoms with E-state index >= 15 is 0 Å². The highest BCUT2D eigenvalue weighted by atomic mass is 32.1. The molecule has 1 saturated heterocycles. The van der Waals surface area contributed by atoms with Gasteiger partial charge in [0.2, 0.25) is 0 Å². The van der Waals surface area contributed by atoms with Crippen molar-refractivity contribution in [1.29, 1.82) is 0 Å². The normalized spacial score (nSPS) is 22.2. The van der Waals surface area contributed by atoms with Gasteiger partial charge in [0, 0.05) is 29.1 Å². The van der Waals surface area contributed by atoms with Gasteiger partial charge in [-0.3, -0.25) is 9.56 Å². The Balaban J connectivity index is 1.24. The molecule has 1 unspecified atom stereocenters. The lowest BCUT2D eigenvalue weighted by molar-refractivity contribution is 0.0270. The number of hydrogen-bond acceptors (Lipinski definition) is 6. The zero-order valence-electron chi connectivity index (χ0n) is 25.4. The van der Waals surface area contributed by atoms with Crippen LogP contribution >= 0.6 is 11.3 Å². The van der Waals surface area contributed by atoms with Gasteiger partial charge in [-0.1, -0.05) is 37.3 Å². The third-order valence-corrected chi connectivity index (χ3v) is 10.1. The van der Waals surface area contributed by atoms with Crippen molar-refractivity contribution in [2.24, 2.45) is 10.4 Å². The average molecular weight is 572 g/mol. The molecule has 7 nitrogen and oxygen atoms in total. The zero-order valence-corrected chi connectivity index (χ0v) is 26.2. The van der Waals surface area contributed by atoms with Crippen molar-refractivity contribution in [1.82, 2.24) is 19.7 Å². The van der Waals surface area contributed by atoms with Crippen LogP contribution in [0.15, 0.2) is 35.3 Å². The molecule has 0 N–H and O–H groups in total. The van der Waals surface area contributed by atoms with Crippen LogP contribution < -0.4 is 0 Å². The van der Waals surface area contributed by atoms with E-state index in [1.165, 1.54) is 32.1 Å². The summed E-state index contributed by atoms with van der Waals surface area (Å²) in [6.45, 7) is 15.9. The molecule has 3 aliphatic rings. The first-order valence-electron chi connectivity index (χ1n) is 14.9. The minimum absolute atomic E-state index is 0.0333. The molecule has 8 heteroatoms. The summed E-state index contributed by atoms with van der Waals surface area (Å²) in [7, 11) is 0. The molecule has 2 aliphatic heterocycles. The van der Waals surface area contributed by atoms with Gasteiger partial charge in [-0.15, -0.1) is 21.5 Å². The summed E-state index contributed by atoms with van der Waals surface area (Å²) >= 11 is 1.80. The molecule has 1 fully saturated rings. The second-order valence-electron chi connectivity index (χ2n) is 13.0. The minimum atomic E-state index is -0.459. The summed E-state index contributed by atoms with van der Waals surface area (Å²) in [5, 5.41) is 10.1. The highest BCUT2D eigenvalue weighted by Gasteiger charge is 2.42. The first-order valence-corrected chi connectivity index (χ1v) is 15.7. The fraction of sp³-hybridized carbons (Fsp3) is 0.515. The van der Waals surface area contributed by atoms with Gasteiger partial charge in [0.05, 0.1) is 5.71 Å². The van der Waals surface area contributed by atoms with Gasteiger partial charge in [-0.05, 0) is 95.8 Å². The first kappa shape index (κ1) is 27.9. The lowest BCUT2D eigenvalue weighted by Crippen LogP contribution is -2.37. The molecule has 2 aromatic heterocycles. The van der Waals surface area contributed by atoms with Crippen LogP contribution in [0.4, 0.5) is 4.79 Å². The average Bonchev–Trinajstić information content (AvgIpc) is 3.58. The SMILES string of the molecule is CC[C@@H]1N=C(c2ccc(C3=CCC4(CC3)CCN(C(=O)OC(C)(C)C)C4)cc2)c2c(sc(C)c2C)-n2c(C)nnc21. The number of carbonyl (C=O) groups is 1. The predicted molar refractivity (Wildman–Crippen MR) is 165 cm³/mol. The maximum absolute atomic E-state index is 12.6. The number of nitrogens with zero attached hydrogens (tertiary/aromatic N) is 5. The summed E-state index contributed by atoms with van der Waals surface area (Å²) < 4.78 is 7.85. The highest BCUT2D eigenvalue weighted by Crippen LogP contribution is 2.45. The lowest BCUT2D eigenvalue weighted by atomic mass is 9.73. The Morgan fingerprint density at radius 2 is 1.83 bits per heavy atom. The Labute approximate surface area is 247 Å². The Morgan fingerprint density at radius 3 is 2.49 bits per heavy atom. The monoisotopic (exact) mass is 571 g/mol. The van der Waals surface area contributed by atoms with Crippen LogP contribution in [0.25, 0.3) is 10.6 Å². The predicted octanol–water partition coefficient (Wildman–Crippen LogP) is 7.75. The molecule has 6 rings (SSSR count). The summed E-state index contributed by atoms with van der Waals surface area (Å²) in [5.74, 6) is 1.84. The Hall–Kier alpha value is -3.26. The Bertz CT molecular complexity index is 1560. The second kappa shape index (κ2) is 10.2. The van der Waals surface area contributed by atoms with E-state index in [-0.39, 0.29) is 17.6 Å². The summed E-state index contributed by atoms with van der Waals surface area (Å²) in [6.07, 6.45) is 7.27. The number of carbonyl (C=O) groups excluding carboxylic acids is 1. The van der Waals surface area contributed by atoms with E-state index in [0.717, 1.165) is 68.1 Å². The summed E-state index contributed by atoms with van der Waals surface area (Å²) in [5.41, 5.74) is 7.06. The highest BCUT2D eigenvalue weighted by molar-refractivity contribution is 7.15. The Morgan fingerprint density at radius 1 is 1.10 bits per heavy atom. The Kier molecular flexibility index (Phi) is 6.96. The molecule has 0 saturated carbocycles. The number of thiophene rings is 1. The van der Waals surface area contributed by atoms with Crippen LogP contribution in [-0.2, 0) is 4.74 Å². The number of fused-ring (bicyclic) bond motifs is 3. The molecule has 3 aromatic rings. The zero-order chi connectivity index (χ0) is 29.1. The maximum atomic E-state index is 12.6. The molecule has 1 spiro atoms. The number of aryl methyl sites for hydroxylation is 2. The van der Waals surface area contributed by atoms with Crippen molar-refractivity contribution in [3.05, 3.63) is 69.1 Å². The quantitative estimate of drug-likeness (QED) is 0.322. The molecule has 216 valence electrons. The van der Waals surface area contributed by atoms with Gasteiger partial charge in [0.15, 0.2) is 5.82 Å². The van der Waals surface area contributed by atoms with Crippen molar-refractivity contribution in [3.63, 3.8) is 0 Å². The van der Waals surface area contributed by atoms with E-state index in [1.807, 2.05) is 32.6 Å². The summed E-state index contributed by atoms with van der Waals surface area (Å²) in [6, 6.07) is 8.96. The molecule has 4 heterocycles. The number of benzene rings is 1. The number of likely N-dealkylation sites (tertiary alicyclic amines) is 1. The number of ether oxygens (including phenoxy) is 1. The molecule has 2 atom stereocenters. The van der Waals surface area contributed by atoms with Crippen LogP contribution in [0.5, 0.6) is 0 Å². The van der Waals surface area contributed by atoms with Gasteiger partial charge in [-0.2, -0.15) is 0 Å². The third-order valence-electron chi connectivity index (χ3n) is 8.95. The third kappa shape index (κ3) is 5.05. The molecule has 1 aromatic carbocycles. The first-order chi connectivity index (χ1) is 19.5. The van der Waals surface area contributed by atoms with E-state index in [2.05, 4.69) is 65.9 Å².